The van der Waals surface area contributed by atoms with E-state index < -0.39 is 0 Å². The molecule has 0 saturated heterocycles. The summed E-state index contributed by atoms with van der Waals surface area (Å²) in [5.74, 6) is 0.571. The van der Waals surface area contributed by atoms with Gasteiger partial charge in [-0.05, 0) is 19.4 Å². The van der Waals surface area contributed by atoms with Gasteiger partial charge in [-0.1, -0.05) is 11.6 Å². The van der Waals surface area contributed by atoms with E-state index in [1.165, 1.54) is 0 Å². The first kappa shape index (κ1) is 12.8. The zero-order chi connectivity index (χ0) is 12.1. The number of aliphatic hydroxyl groups excluding tert-OH is 1. The molecule has 0 aliphatic rings. The van der Waals surface area contributed by atoms with Gasteiger partial charge in [-0.25, -0.2) is 4.98 Å². The van der Waals surface area contributed by atoms with Gasteiger partial charge in [-0.15, -0.1) is 0 Å². The van der Waals surface area contributed by atoms with Crippen LogP contribution in [0.5, 0.6) is 0 Å². The fourth-order valence-corrected chi connectivity index (χ4v) is 1.57. The molecule has 0 fully saturated rings. The van der Waals surface area contributed by atoms with Gasteiger partial charge in [0.1, 0.15) is 16.9 Å². The average molecular weight is 240 g/mol. The minimum atomic E-state index is -0.361. The van der Waals surface area contributed by atoms with Crippen molar-refractivity contribution in [1.82, 2.24) is 4.98 Å². The number of nitriles is 1. The molecule has 0 aromatic carbocycles. The molecule has 86 valence electrons. The second-order valence-electron chi connectivity index (χ2n) is 3.67. The molecule has 1 unspecified atom stereocenters. The summed E-state index contributed by atoms with van der Waals surface area (Å²) in [5, 5.41) is 18.4. The highest BCUT2D eigenvalue weighted by atomic mass is 35.5. The van der Waals surface area contributed by atoms with Crippen molar-refractivity contribution < 1.29 is 5.11 Å². The maximum absolute atomic E-state index is 9.19. The first-order valence-corrected chi connectivity index (χ1v) is 5.38. The van der Waals surface area contributed by atoms with Gasteiger partial charge in [0.2, 0.25) is 0 Å². The Balaban J connectivity index is 2.84. The Hall–Kier alpha value is -1.31. The van der Waals surface area contributed by atoms with E-state index >= 15 is 0 Å². The molecule has 0 aliphatic carbocycles. The van der Waals surface area contributed by atoms with Crippen molar-refractivity contribution in [1.29, 1.82) is 5.26 Å². The van der Waals surface area contributed by atoms with E-state index in [0.717, 1.165) is 0 Å². The van der Waals surface area contributed by atoms with Crippen molar-refractivity contribution >= 4 is 17.4 Å². The van der Waals surface area contributed by atoms with Gasteiger partial charge < -0.3 is 10.0 Å². The predicted octanol–water partition coefficient (Wildman–Crippen LogP) is 1.81. The third kappa shape index (κ3) is 3.09. The van der Waals surface area contributed by atoms with Crippen LogP contribution in [0.4, 0.5) is 5.82 Å². The Morgan fingerprint density at radius 2 is 2.38 bits per heavy atom. The van der Waals surface area contributed by atoms with Crippen LogP contribution in [0.25, 0.3) is 0 Å². The van der Waals surface area contributed by atoms with Crippen molar-refractivity contribution in [2.75, 3.05) is 18.5 Å². The van der Waals surface area contributed by atoms with Crippen LogP contribution in [0.2, 0.25) is 5.02 Å². The summed E-state index contributed by atoms with van der Waals surface area (Å²) in [6, 6.07) is 3.59. The van der Waals surface area contributed by atoms with Crippen LogP contribution in [-0.4, -0.2) is 29.8 Å². The van der Waals surface area contributed by atoms with E-state index in [1.54, 1.807) is 19.2 Å². The third-order valence-corrected chi connectivity index (χ3v) is 2.61. The lowest BCUT2D eigenvalue weighted by molar-refractivity contribution is 0.187. The smallest absolute Gasteiger partial charge is 0.148 e. The first-order valence-electron chi connectivity index (χ1n) is 5.00. The molecule has 0 spiro atoms. The van der Waals surface area contributed by atoms with E-state index in [1.807, 2.05) is 18.0 Å². The number of halogens is 1. The van der Waals surface area contributed by atoms with Crippen LogP contribution in [0.15, 0.2) is 12.3 Å². The largest absolute Gasteiger partial charge is 0.393 e. The highest BCUT2D eigenvalue weighted by Gasteiger charge is 2.11. The van der Waals surface area contributed by atoms with Gasteiger partial charge in [0.15, 0.2) is 0 Å². The Morgan fingerprint density at radius 3 is 2.94 bits per heavy atom. The zero-order valence-corrected chi connectivity index (χ0v) is 10.1. The molecule has 16 heavy (non-hydrogen) atoms. The SMILES string of the molecule is CC(O)CCN(C)c1nccc(C#N)c1Cl. The van der Waals surface area contributed by atoms with Crippen LogP contribution in [0, 0.1) is 11.3 Å². The molecule has 1 atom stereocenters. The molecule has 1 aromatic rings. The molecule has 1 rings (SSSR count). The minimum Gasteiger partial charge on any atom is -0.393 e. The molecule has 0 amide bonds. The van der Waals surface area contributed by atoms with E-state index in [2.05, 4.69) is 4.98 Å². The number of aromatic nitrogens is 1. The van der Waals surface area contributed by atoms with Crippen molar-refractivity contribution in [3.8, 4) is 6.07 Å². The third-order valence-electron chi connectivity index (χ3n) is 2.24. The molecule has 5 heteroatoms. The highest BCUT2D eigenvalue weighted by Crippen LogP contribution is 2.25. The summed E-state index contributed by atoms with van der Waals surface area (Å²) in [6.45, 7) is 2.37. The zero-order valence-electron chi connectivity index (χ0n) is 9.31. The number of nitrogens with zero attached hydrogens (tertiary/aromatic N) is 3. The van der Waals surface area contributed by atoms with Crippen LogP contribution in [-0.2, 0) is 0 Å². The Kier molecular flexibility index (Phi) is 4.53. The van der Waals surface area contributed by atoms with E-state index in [0.29, 0.717) is 29.4 Å². The maximum Gasteiger partial charge on any atom is 0.148 e. The van der Waals surface area contributed by atoms with Gasteiger partial charge in [-0.2, -0.15) is 5.26 Å². The van der Waals surface area contributed by atoms with E-state index in [4.69, 9.17) is 16.9 Å². The topological polar surface area (TPSA) is 60.1 Å². The van der Waals surface area contributed by atoms with Crippen LogP contribution in [0.1, 0.15) is 18.9 Å². The van der Waals surface area contributed by atoms with Crippen molar-refractivity contribution in [3.63, 3.8) is 0 Å². The van der Waals surface area contributed by atoms with Crippen molar-refractivity contribution in [2.45, 2.75) is 19.4 Å². The Bertz CT molecular complexity index is 401. The van der Waals surface area contributed by atoms with E-state index in [-0.39, 0.29) is 6.10 Å². The van der Waals surface area contributed by atoms with Crippen LogP contribution in [0.3, 0.4) is 0 Å². The molecular weight excluding hydrogens is 226 g/mol. The fourth-order valence-electron chi connectivity index (χ4n) is 1.27. The lowest BCUT2D eigenvalue weighted by atomic mass is 10.2. The van der Waals surface area contributed by atoms with Crippen LogP contribution >= 0.6 is 11.6 Å². The van der Waals surface area contributed by atoms with Crippen molar-refractivity contribution in [2.24, 2.45) is 0 Å². The fraction of sp³-hybridized carbons (Fsp3) is 0.455. The molecule has 0 bridgehead atoms. The monoisotopic (exact) mass is 239 g/mol. The standard InChI is InChI=1S/C11H14ClN3O/c1-8(16)4-6-15(2)11-10(12)9(7-13)3-5-14-11/h3,5,8,16H,4,6H2,1-2H3. The van der Waals surface area contributed by atoms with Crippen LogP contribution < -0.4 is 4.90 Å². The molecule has 0 radical (unpaired) electrons. The molecule has 0 aliphatic heterocycles. The van der Waals surface area contributed by atoms with Gasteiger partial charge in [-0.3, -0.25) is 0 Å². The second-order valence-corrected chi connectivity index (χ2v) is 4.05. The van der Waals surface area contributed by atoms with Gasteiger partial charge in [0.05, 0.1) is 11.7 Å². The molecule has 1 N–H and O–H groups in total. The summed E-state index contributed by atoms with van der Waals surface area (Å²) >= 11 is 6.03. The molecular formula is C11H14ClN3O. The van der Waals surface area contributed by atoms with Gasteiger partial charge in [0, 0.05) is 19.8 Å². The molecule has 1 aromatic heterocycles. The predicted molar refractivity (Wildman–Crippen MR) is 63.5 cm³/mol. The minimum absolute atomic E-state index is 0.359. The lowest BCUT2D eigenvalue weighted by Crippen LogP contribution is -2.23. The summed E-state index contributed by atoms with van der Waals surface area (Å²) in [5.41, 5.74) is 0.413. The summed E-state index contributed by atoms with van der Waals surface area (Å²) in [4.78, 5) is 5.96. The lowest BCUT2D eigenvalue weighted by Gasteiger charge is -2.20. The van der Waals surface area contributed by atoms with Gasteiger partial charge >= 0.3 is 0 Å². The molecule has 0 saturated carbocycles. The average Bonchev–Trinajstić information content (AvgIpc) is 2.26. The van der Waals surface area contributed by atoms with Crippen molar-refractivity contribution in [3.05, 3.63) is 22.8 Å². The highest BCUT2D eigenvalue weighted by molar-refractivity contribution is 6.34. The Morgan fingerprint density at radius 1 is 1.69 bits per heavy atom. The second kappa shape index (κ2) is 5.69. The number of aliphatic hydroxyl groups is 1. The number of hydrogen-bond donors (Lipinski definition) is 1. The number of anilines is 1. The number of hydrogen-bond acceptors (Lipinski definition) is 4. The molecule has 4 nitrogen and oxygen atoms in total. The Labute approximate surface area is 100 Å². The number of pyridine rings is 1. The quantitative estimate of drug-likeness (QED) is 0.871. The summed E-state index contributed by atoms with van der Waals surface area (Å²) in [6.07, 6.45) is 1.82. The van der Waals surface area contributed by atoms with Gasteiger partial charge in [0.25, 0.3) is 0 Å². The first-order chi connectivity index (χ1) is 7.56. The molecule has 1 heterocycles. The number of rotatable bonds is 4. The summed E-state index contributed by atoms with van der Waals surface area (Å²) in [7, 11) is 1.83. The normalized spacial score (nSPS) is 11.9. The summed E-state index contributed by atoms with van der Waals surface area (Å²) < 4.78 is 0. The maximum atomic E-state index is 9.19. The van der Waals surface area contributed by atoms with E-state index in [9.17, 15) is 5.11 Å².